The third kappa shape index (κ3) is 3.58. The first kappa shape index (κ1) is 19.8. The summed E-state index contributed by atoms with van der Waals surface area (Å²) >= 11 is 0. The number of nitrogens with zero attached hydrogens (tertiary/aromatic N) is 6. The van der Waals surface area contributed by atoms with E-state index >= 15 is 4.39 Å². The van der Waals surface area contributed by atoms with Gasteiger partial charge < -0.3 is 11.1 Å². The summed E-state index contributed by atoms with van der Waals surface area (Å²) in [5, 5.41) is 15.8. The Balaban J connectivity index is 1.52. The highest BCUT2D eigenvalue weighted by molar-refractivity contribution is 5.70. The SMILES string of the molecule is Cn1nccc1Nc1cc(-c2cc(F)n3c(C(CN)c4ccccc4)nnc3c2)ccn1. The lowest BCUT2D eigenvalue weighted by Gasteiger charge is -2.14. The molecule has 32 heavy (non-hydrogen) atoms. The molecule has 0 spiro atoms. The second-order valence-corrected chi connectivity index (χ2v) is 7.41. The Morgan fingerprint density at radius 3 is 2.59 bits per heavy atom. The molecule has 0 aliphatic heterocycles. The molecule has 4 heterocycles. The highest BCUT2D eigenvalue weighted by atomic mass is 19.1. The van der Waals surface area contributed by atoms with E-state index in [2.05, 4.69) is 25.6 Å². The van der Waals surface area contributed by atoms with Crippen LogP contribution in [0, 0.1) is 5.95 Å². The predicted molar refractivity (Wildman–Crippen MR) is 120 cm³/mol. The zero-order valence-electron chi connectivity index (χ0n) is 17.4. The van der Waals surface area contributed by atoms with E-state index in [1.807, 2.05) is 55.6 Å². The average molecular weight is 428 g/mol. The smallest absolute Gasteiger partial charge is 0.201 e. The number of fused-ring (bicyclic) bond motifs is 1. The molecule has 0 saturated carbocycles. The van der Waals surface area contributed by atoms with Gasteiger partial charge in [-0.2, -0.15) is 9.49 Å². The minimum absolute atomic E-state index is 0.262. The summed E-state index contributed by atoms with van der Waals surface area (Å²) in [7, 11) is 1.84. The number of rotatable bonds is 6. The molecule has 4 aromatic heterocycles. The Kier molecular flexibility index (Phi) is 5.08. The van der Waals surface area contributed by atoms with Gasteiger partial charge in [-0.05, 0) is 41.0 Å². The lowest BCUT2D eigenvalue weighted by Crippen LogP contribution is -2.17. The number of aryl methyl sites for hydroxylation is 1. The molecule has 0 aliphatic rings. The van der Waals surface area contributed by atoms with Gasteiger partial charge in [-0.3, -0.25) is 9.08 Å². The molecule has 0 fully saturated rings. The van der Waals surface area contributed by atoms with Crippen LogP contribution in [0.3, 0.4) is 0 Å². The van der Waals surface area contributed by atoms with E-state index in [0.29, 0.717) is 29.4 Å². The third-order valence-corrected chi connectivity index (χ3v) is 5.41. The molecule has 1 aromatic carbocycles. The second-order valence-electron chi connectivity index (χ2n) is 7.41. The molecule has 9 heteroatoms. The van der Waals surface area contributed by atoms with Gasteiger partial charge in [0.15, 0.2) is 5.65 Å². The molecule has 3 N–H and O–H groups in total. The molecular weight excluding hydrogens is 407 g/mol. The van der Waals surface area contributed by atoms with Crippen molar-refractivity contribution in [2.24, 2.45) is 12.8 Å². The van der Waals surface area contributed by atoms with Gasteiger partial charge in [-0.15, -0.1) is 10.2 Å². The summed E-state index contributed by atoms with van der Waals surface area (Å²) in [6.07, 6.45) is 3.37. The fourth-order valence-electron chi connectivity index (χ4n) is 3.77. The molecule has 5 rings (SSSR count). The zero-order valence-corrected chi connectivity index (χ0v) is 17.4. The molecule has 0 radical (unpaired) electrons. The fourth-order valence-corrected chi connectivity index (χ4v) is 3.77. The maximum Gasteiger partial charge on any atom is 0.201 e. The Morgan fingerprint density at radius 1 is 1.00 bits per heavy atom. The van der Waals surface area contributed by atoms with Crippen LogP contribution in [-0.4, -0.2) is 35.9 Å². The number of halogens is 1. The van der Waals surface area contributed by atoms with Crippen LogP contribution in [0.4, 0.5) is 16.0 Å². The normalized spacial score (nSPS) is 12.2. The van der Waals surface area contributed by atoms with Crippen LogP contribution >= 0.6 is 0 Å². The van der Waals surface area contributed by atoms with Gasteiger partial charge in [-0.25, -0.2) is 4.98 Å². The minimum atomic E-state index is -0.454. The molecule has 160 valence electrons. The highest BCUT2D eigenvalue weighted by Crippen LogP contribution is 2.28. The van der Waals surface area contributed by atoms with Crippen molar-refractivity contribution < 1.29 is 4.39 Å². The first-order valence-corrected chi connectivity index (χ1v) is 10.1. The number of anilines is 2. The van der Waals surface area contributed by atoms with Crippen molar-refractivity contribution in [1.29, 1.82) is 0 Å². The maximum atomic E-state index is 15.3. The van der Waals surface area contributed by atoms with Crippen molar-refractivity contribution in [1.82, 2.24) is 29.4 Å². The molecular formula is C23H21FN8. The van der Waals surface area contributed by atoms with Gasteiger partial charge in [0.25, 0.3) is 0 Å². The largest absolute Gasteiger partial charge is 0.329 e. The Morgan fingerprint density at radius 2 is 1.84 bits per heavy atom. The van der Waals surface area contributed by atoms with Crippen molar-refractivity contribution in [2.75, 3.05) is 11.9 Å². The van der Waals surface area contributed by atoms with Crippen LogP contribution in [0.5, 0.6) is 0 Å². The number of nitrogens with two attached hydrogens (primary N) is 1. The monoisotopic (exact) mass is 428 g/mol. The molecule has 0 aliphatic carbocycles. The summed E-state index contributed by atoms with van der Waals surface area (Å²) in [4.78, 5) is 4.34. The molecule has 5 aromatic rings. The van der Waals surface area contributed by atoms with Gasteiger partial charge in [0, 0.05) is 25.9 Å². The zero-order chi connectivity index (χ0) is 22.1. The molecule has 0 saturated heterocycles. The average Bonchev–Trinajstić information content (AvgIpc) is 3.42. The van der Waals surface area contributed by atoms with E-state index in [4.69, 9.17) is 5.73 Å². The molecule has 1 unspecified atom stereocenters. The van der Waals surface area contributed by atoms with Crippen LogP contribution in [0.15, 0.2) is 73.1 Å². The minimum Gasteiger partial charge on any atom is -0.329 e. The fraction of sp³-hybridized carbons (Fsp3) is 0.130. The summed E-state index contributed by atoms with van der Waals surface area (Å²) in [5.41, 5.74) is 8.88. The Hall–Kier alpha value is -4.11. The second kappa shape index (κ2) is 8.20. The lowest BCUT2D eigenvalue weighted by atomic mass is 9.98. The number of hydrogen-bond acceptors (Lipinski definition) is 6. The predicted octanol–water partition coefficient (Wildman–Crippen LogP) is 3.50. The van der Waals surface area contributed by atoms with Gasteiger partial charge >= 0.3 is 0 Å². The number of benzene rings is 1. The number of pyridine rings is 2. The lowest BCUT2D eigenvalue weighted by molar-refractivity contribution is 0.551. The van der Waals surface area contributed by atoms with Crippen LogP contribution in [0.2, 0.25) is 0 Å². The van der Waals surface area contributed by atoms with Crippen LogP contribution in [0.1, 0.15) is 17.3 Å². The van der Waals surface area contributed by atoms with E-state index in [0.717, 1.165) is 16.9 Å². The number of nitrogens with one attached hydrogen (secondary N) is 1. The standard InChI is InChI=1S/C23H21FN8/c1-31-21(8-10-27-31)28-20-12-16(7-9-26-20)17-11-19(24)32-22(13-17)29-30-23(32)18(14-25)15-5-3-2-4-6-15/h2-13,18H,14,25H2,1H3,(H,26,28). The van der Waals surface area contributed by atoms with Gasteiger partial charge in [-0.1, -0.05) is 30.3 Å². The van der Waals surface area contributed by atoms with E-state index in [-0.39, 0.29) is 5.92 Å². The molecule has 0 amide bonds. The molecule has 1 atom stereocenters. The van der Waals surface area contributed by atoms with Gasteiger partial charge in [0.1, 0.15) is 17.5 Å². The van der Waals surface area contributed by atoms with E-state index < -0.39 is 5.95 Å². The van der Waals surface area contributed by atoms with E-state index in [9.17, 15) is 0 Å². The summed E-state index contributed by atoms with van der Waals surface area (Å²) < 4.78 is 18.4. The first-order chi connectivity index (χ1) is 15.6. The molecule has 8 nitrogen and oxygen atoms in total. The quantitative estimate of drug-likeness (QED) is 0.402. The van der Waals surface area contributed by atoms with Crippen molar-refractivity contribution in [2.45, 2.75) is 5.92 Å². The van der Waals surface area contributed by atoms with E-state index in [1.54, 1.807) is 23.1 Å². The molecule has 0 bridgehead atoms. The van der Waals surface area contributed by atoms with Crippen molar-refractivity contribution in [3.05, 3.63) is 90.4 Å². The maximum absolute atomic E-state index is 15.3. The summed E-state index contributed by atoms with van der Waals surface area (Å²) in [6, 6.07) is 18.5. The Labute approximate surface area is 183 Å². The van der Waals surface area contributed by atoms with Crippen molar-refractivity contribution in [3.63, 3.8) is 0 Å². The van der Waals surface area contributed by atoms with Crippen molar-refractivity contribution in [3.8, 4) is 11.1 Å². The topological polar surface area (TPSA) is 99.0 Å². The number of hydrogen-bond donors (Lipinski definition) is 2. The van der Waals surface area contributed by atoms with Crippen molar-refractivity contribution >= 4 is 17.3 Å². The highest BCUT2D eigenvalue weighted by Gasteiger charge is 2.21. The summed E-state index contributed by atoms with van der Waals surface area (Å²) in [6.45, 7) is 0.291. The summed E-state index contributed by atoms with van der Waals surface area (Å²) in [5.74, 6) is 1.19. The van der Waals surface area contributed by atoms with Crippen LogP contribution in [-0.2, 0) is 7.05 Å². The van der Waals surface area contributed by atoms with Crippen LogP contribution < -0.4 is 11.1 Å². The number of aromatic nitrogens is 6. The first-order valence-electron chi connectivity index (χ1n) is 10.1. The van der Waals surface area contributed by atoms with Gasteiger partial charge in [0.2, 0.25) is 5.95 Å². The van der Waals surface area contributed by atoms with Gasteiger partial charge in [0.05, 0.1) is 12.1 Å². The third-order valence-electron chi connectivity index (χ3n) is 5.41. The van der Waals surface area contributed by atoms with E-state index in [1.165, 1.54) is 10.5 Å². The van der Waals surface area contributed by atoms with Crippen LogP contribution in [0.25, 0.3) is 16.8 Å². The Bertz CT molecular complexity index is 1380.